The Morgan fingerprint density at radius 3 is 2.32 bits per heavy atom. The number of hydrogen-bond donors (Lipinski definition) is 1. The van der Waals surface area contributed by atoms with Crippen LogP contribution in [0.4, 0.5) is 5.69 Å². The van der Waals surface area contributed by atoms with Crippen LogP contribution in [0.1, 0.15) is 5.56 Å². The van der Waals surface area contributed by atoms with Gasteiger partial charge in [-0.25, -0.2) is 0 Å². The summed E-state index contributed by atoms with van der Waals surface area (Å²) in [4.78, 5) is 11.6. The minimum Gasteiger partial charge on any atom is -0.484 e. The van der Waals surface area contributed by atoms with Crippen molar-refractivity contribution in [2.45, 2.75) is 6.92 Å². The highest BCUT2D eigenvalue weighted by atomic mass is 16.5. The molecule has 100 valence electrons. The fraction of sp³-hybridized carbons (Fsp3) is 0.133. The summed E-state index contributed by atoms with van der Waals surface area (Å²) < 4.78 is 5.35. The first kappa shape index (κ1) is 14.7. The van der Waals surface area contributed by atoms with E-state index in [2.05, 4.69) is 5.32 Å². The molecule has 4 nitrogen and oxygen atoms in total. The zero-order valence-corrected chi connectivity index (χ0v) is 10.7. The van der Waals surface area contributed by atoms with E-state index in [-0.39, 0.29) is 18.0 Å². The largest absolute Gasteiger partial charge is 0.484 e. The van der Waals surface area contributed by atoms with Gasteiger partial charge in [-0.05, 0) is 31.2 Å². The van der Waals surface area contributed by atoms with Gasteiger partial charge in [0.1, 0.15) is 5.75 Å². The molecule has 2 aromatic rings. The van der Waals surface area contributed by atoms with E-state index in [9.17, 15) is 4.79 Å². The van der Waals surface area contributed by atoms with Crippen molar-refractivity contribution in [1.82, 2.24) is 0 Å². The summed E-state index contributed by atoms with van der Waals surface area (Å²) in [7, 11) is 0. The molecule has 0 spiro atoms. The highest BCUT2D eigenvalue weighted by Crippen LogP contribution is 2.10. The summed E-state index contributed by atoms with van der Waals surface area (Å²) in [5.74, 6) is 0.527. The smallest absolute Gasteiger partial charge is 0.262 e. The van der Waals surface area contributed by atoms with Crippen LogP contribution < -0.4 is 10.1 Å². The first-order valence-corrected chi connectivity index (χ1v) is 5.78. The topological polar surface area (TPSA) is 69.8 Å². The Balaban J connectivity index is 0.00000180. The van der Waals surface area contributed by atoms with E-state index in [0.29, 0.717) is 5.75 Å². The van der Waals surface area contributed by atoms with Gasteiger partial charge in [0, 0.05) is 5.69 Å². The van der Waals surface area contributed by atoms with Gasteiger partial charge in [0.05, 0.1) is 0 Å². The van der Waals surface area contributed by atoms with Gasteiger partial charge in [-0.2, -0.15) is 0 Å². The molecule has 0 atom stereocenters. The maximum absolute atomic E-state index is 11.6. The second kappa shape index (κ2) is 7.18. The Hall–Kier alpha value is -2.33. The number of carbonyl (C=O) groups excluding carboxylic acids is 1. The van der Waals surface area contributed by atoms with Gasteiger partial charge in [-0.3, -0.25) is 4.79 Å². The molecule has 19 heavy (non-hydrogen) atoms. The van der Waals surface area contributed by atoms with Crippen molar-refractivity contribution in [1.29, 1.82) is 0 Å². The molecule has 0 aromatic heterocycles. The number of nitrogens with one attached hydrogen (secondary N) is 1. The van der Waals surface area contributed by atoms with Gasteiger partial charge in [-0.15, -0.1) is 0 Å². The van der Waals surface area contributed by atoms with Crippen molar-refractivity contribution in [2.75, 3.05) is 11.9 Å². The molecule has 0 fully saturated rings. The fourth-order valence-electron chi connectivity index (χ4n) is 1.50. The number of anilines is 1. The van der Waals surface area contributed by atoms with Crippen molar-refractivity contribution < 1.29 is 15.0 Å². The van der Waals surface area contributed by atoms with Crippen LogP contribution in [0.15, 0.2) is 54.6 Å². The highest BCUT2D eigenvalue weighted by molar-refractivity contribution is 5.91. The van der Waals surface area contributed by atoms with E-state index in [1.54, 1.807) is 0 Å². The summed E-state index contributed by atoms with van der Waals surface area (Å²) in [5, 5.41) is 2.78. The third-order valence-corrected chi connectivity index (χ3v) is 2.45. The van der Waals surface area contributed by atoms with E-state index >= 15 is 0 Å². The SMILES string of the molecule is Cc1ccc(NC(=O)COc2ccccc2)cc1.O. The summed E-state index contributed by atoms with van der Waals surface area (Å²) in [5.41, 5.74) is 1.94. The average molecular weight is 259 g/mol. The van der Waals surface area contributed by atoms with Crippen LogP contribution in [0.25, 0.3) is 0 Å². The number of carbonyl (C=O) groups is 1. The number of benzene rings is 2. The van der Waals surface area contributed by atoms with Gasteiger partial charge in [0.2, 0.25) is 0 Å². The molecule has 0 aliphatic carbocycles. The second-order valence-electron chi connectivity index (χ2n) is 4.02. The molecule has 2 aromatic carbocycles. The second-order valence-corrected chi connectivity index (χ2v) is 4.02. The average Bonchev–Trinajstić information content (AvgIpc) is 2.40. The highest BCUT2D eigenvalue weighted by Gasteiger charge is 2.03. The molecular weight excluding hydrogens is 242 g/mol. The van der Waals surface area contributed by atoms with Crippen molar-refractivity contribution >= 4 is 11.6 Å². The minimum absolute atomic E-state index is 0. The summed E-state index contributed by atoms with van der Waals surface area (Å²) >= 11 is 0. The van der Waals surface area contributed by atoms with E-state index in [0.717, 1.165) is 11.3 Å². The van der Waals surface area contributed by atoms with Crippen LogP contribution in [0.3, 0.4) is 0 Å². The molecule has 0 bridgehead atoms. The van der Waals surface area contributed by atoms with Gasteiger partial charge in [0.25, 0.3) is 5.91 Å². The molecule has 3 N–H and O–H groups in total. The third-order valence-electron chi connectivity index (χ3n) is 2.45. The van der Waals surface area contributed by atoms with Gasteiger partial charge >= 0.3 is 0 Å². The molecular formula is C15H17NO3. The molecule has 4 heteroatoms. The Morgan fingerprint density at radius 2 is 1.68 bits per heavy atom. The lowest BCUT2D eigenvalue weighted by Crippen LogP contribution is -2.20. The minimum atomic E-state index is -0.164. The normalized spacial score (nSPS) is 9.32. The third kappa shape index (κ3) is 4.81. The Kier molecular flexibility index (Phi) is 5.57. The predicted octanol–water partition coefficient (Wildman–Crippen LogP) is 2.19. The van der Waals surface area contributed by atoms with Crippen LogP contribution in [0.2, 0.25) is 0 Å². The monoisotopic (exact) mass is 259 g/mol. The molecule has 2 rings (SSSR count). The number of aryl methyl sites for hydroxylation is 1. The van der Waals surface area contributed by atoms with E-state index in [1.807, 2.05) is 61.5 Å². The van der Waals surface area contributed by atoms with Crippen molar-refractivity contribution in [3.63, 3.8) is 0 Å². The number of amides is 1. The quantitative estimate of drug-likeness (QED) is 0.914. The fourth-order valence-corrected chi connectivity index (χ4v) is 1.50. The summed E-state index contributed by atoms with van der Waals surface area (Å²) in [6.45, 7) is 2.02. The van der Waals surface area contributed by atoms with Crippen LogP contribution in [-0.4, -0.2) is 18.0 Å². The van der Waals surface area contributed by atoms with Crippen LogP contribution >= 0.6 is 0 Å². The van der Waals surface area contributed by atoms with Gasteiger partial charge in [0.15, 0.2) is 6.61 Å². The van der Waals surface area contributed by atoms with Crippen LogP contribution in [0.5, 0.6) is 5.75 Å². The molecule has 0 aliphatic heterocycles. The molecule has 0 heterocycles. The van der Waals surface area contributed by atoms with Crippen LogP contribution in [0, 0.1) is 6.92 Å². The molecule has 0 unspecified atom stereocenters. The number of rotatable bonds is 4. The zero-order valence-electron chi connectivity index (χ0n) is 10.7. The lowest BCUT2D eigenvalue weighted by atomic mass is 10.2. The van der Waals surface area contributed by atoms with Crippen molar-refractivity contribution in [2.24, 2.45) is 0 Å². The summed E-state index contributed by atoms with van der Waals surface area (Å²) in [6, 6.07) is 16.9. The standard InChI is InChI=1S/C15H15NO2.H2O/c1-12-7-9-13(10-8-12)16-15(17)11-18-14-5-3-2-4-6-14;/h2-10H,11H2,1H3,(H,16,17);1H2. The molecule has 0 saturated heterocycles. The zero-order chi connectivity index (χ0) is 12.8. The van der Waals surface area contributed by atoms with E-state index in [1.165, 1.54) is 0 Å². The number of para-hydroxylation sites is 1. The molecule has 1 amide bonds. The van der Waals surface area contributed by atoms with E-state index in [4.69, 9.17) is 4.74 Å². The first-order chi connectivity index (χ1) is 8.74. The molecule has 0 saturated carbocycles. The number of hydrogen-bond acceptors (Lipinski definition) is 2. The lowest BCUT2D eigenvalue weighted by Gasteiger charge is -2.07. The van der Waals surface area contributed by atoms with Gasteiger partial charge in [-0.1, -0.05) is 35.9 Å². The Bertz CT molecular complexity index is 509. The number of ether oxygens (including phenoxy) is 1. The maximum atomic E-state index is 11.6. The van der Waals surface area contributed by atoms with Crippen molar-refractivity contribution in [3.05, 3.63) is 60.2 Å². The van der Waals surface area contributed by atoms with Crippen molar-refractivity contribution in [3.8, 4) is 5.75 Å². The first-order valence-electron chi connectivity index (χ1n) is 5.78. The van der Waals surface area contributed by atoms with Gasteiger partial charge < -0.3 is 15.5 Å². The van der Waals surface area contributed by atoms with Crippen LogP contribution in [-0.2, 0) is 4.79 Å². The van der Waals surface area contributed by atoms with E-state index < -0.39 is 0 Å². The lowest BCUT2D eigenvalue weighted by molar-refractivity contribution is -0.118. The Morgan fingerprint density at radius 1 is 1.05 bits per heavy atom. The Labute approximate surface area is 112 Å². The molecule has 0 aliphatic rings. The predicted molar refractivity (Wildman–Crippen MR) is 75.4 cm³/mol. The summed E-state index contributed by atoms with van der Waals surface area (Å²) in [6.07, 6.45) is 0. The molecule has 0 radical (unpaired) electrons. The maximum Gasteiger partial charge on any atom is 0.262 e.